The van der Waals surface area contributed by atoms with Gasteiger partial charge in [-0.2, -0.15) is 0 Å². The number of carbonyl (C=O) groups excluding carboxylic acids is 2. The molecule has 4 nitrogen and oxygen atoms in total. The standard InChI is InChI=1S/C23H19ClFNO3/c24-18-12-7-13-19(25)22(18)23(28)29-15-21(27)26-20(17-10-5-2-6-11-17)14-16-8-3-1-4-9-16/h1-13,20H,14-15H2,(H,26,27)/t20-/m0/s1. The van der Waals surface area contributed by atoms with Gasteiger partial charge in [0.05, 0.1) is 11.1 Å². The normalized spacial score (nSPS) is 11.5. The average Bonchev–Trinajstić information content (AvgIpc) is 2.73. The smallest absolute Gasteiger partial charge is 0.343 e. The van der Waals surface area contributed by atoms with Crippen molar-refractivity contribution in [3.05, 3.63) is 106 Å². The summed E-state index contributed by atoms with van der Waals surface area (Å²) in [5.41, 5.74) is 1.59. The van der Waals surface area contributed by atoms with Gasteiger partial charge in [0.1, 0.15) is 11.4 Å². The van der Waals surface area contributed by atoms with Crippen LogP contribution >= 0.6 is 11.6 Å². The van der Waals surface area contributed by atoms with Crippen LogP contribution in [0, 0.1) is 5.82 Å². The second kappa shape index (κ2) is 9.85. The molecule has 0 spiro atoms. The van der Waals surface area contributed by atoms with Crippen LogP contribution in [0.25, 0.3) is 0 Å². The van der Waals surface area contributed by atoms with Crippen molar-refractivity contribution in [1.29, 1.82) is 0 Å². The summed E-state index contributed by atoms with van der Waals surface area (Å²) in [6, 6.07) is 22.8. The number of esters is 1. The highest BCUT2D eigenvalue weighted by Crippen LogP contribution is 2.20. The molecule has 0 saturated heterocycles. The summed E-state index contributed by atoms with van der Waals surface area (Å²) < 4.78 is 18.8. The molecule has 0 aromatic heterocycles. The highest BCUT2D eigenvalue weighted by atomic mass is 35.5. The molecular weight excluding hydrogens is 393 g/mol. The molecule has 29 heavy (non-hydrogen) atoms. The SMILES string of the molecule is O=C(COC(=O)c1c(F)cccc1Cl)N[C@@H](Cc1ccccc1)c1ccccc1. The fraction of sp³-hybridized carbons (Fsp3) is 0.130. The number of ether oxygens (including phenoxy) is 1. The van der Waals surface area contributed by atoms with Crippen molar-refractivity contribution >= 4 is 23.5 Å². The first kappa shape index (κ1) is 20.6. The molecule has 0 unspecified atom stereocenters. The topological polar surface area (TPSA) is 55.4 Å². The lowest BCUT2D eigenvalue weighted by molar-refractivity contribution is -0.125. The van der Waals surface area contributed by atoms with E-state index < -0.39 is 24.3 Å². The molecular formula is C23H19ClFNO3. The quantitative estimate of drug-likeness (QED) is 0.571. The van der Waals surface area contributed by atoms with E-state index in [0.717, 1.165) is 17.2 Å². The summed E-state index contributed by atoms with van der Waals surface area (Å²) >= 11 is 5.85. The second-order valence-electron chi connectivity index (χ2n) is 6.39. The van der Waals surface area contributed by atoms with Crippen LogP contribution in [0.5, 0.6) is 0 Å². The number of halogens is 2. The molecule has 1 amide bonds. The predicted octanol–water partition coefficient (Wildman–Crippen LogP) is 4.74. The third-order valence-corrected chi connectivity index (χ3v) is 4.64. The van der Waals surface area contributed by atoms with Crippen molar-refractivity contribution in [2.45, 2.75) is 12.5 Å². The number of nitrogens with one attached hydrogen (secondary N) is 1. The molecule has 148 valence electrons. The van der Waals surface area contributed by atoms with Crippen LogP contribution in [0.15, 0.2) is 78.9 Å². The summed E-state index contributed by atoms with van der Waals surface area (Å²) in [6.45, 7) is -0.540. The van der Waals surface area contributed by atoms with Crippen molar-refractivity contribution in [3.63, 3.8) is 0 Å². The molecule has 0 radical (unpaired) electrons. The Morgan fingerprint density at radius 2 is 1.59 bits per heavy atom. The van der Waals surface area contributed by atoms with Crippen LogP contribution < -0.4 is 5.32 Å². The van der Waals surface area contributed by atoms with Crippen molar-refractivity contribution < 1.29 is 18.7 Å². The molecule has 0 bridgehead atoms. The summed E-state index contributed by atoms with van der Waals surface area (Å²) in [4.78, 5) is 24.5. The van der Waals surface area contributed by atoms with Crippen LogP contribution in [-0.4, -0.2) is 18.5 Å². The van der Waals surface area contributed by atoms with Gasteiger partial charge in [0.2, 0.25) is 0 Å². The van der Waals surface area contributed by atoms with Gasteiger partial charge >= 0.3 is 5.97 Å². The lowest BCUT2D eigenvalue weighted by atomic mass is 9.99. The Balaban J connectivity index is 1.66. The maximum atomic E-state index is 13.8. The molecule has 1 atom stereocenters. The van der Waals surface area contributed by atoms with Gasteiger partial charge in [0.15, 0.2) is 6.61 Å². The Kier molecular flexibility index (Phi) is 6.98. The minimum atomic E-state index is -0.984. The van der Waals surface area contributed by atoms with E-state index >= 15 is 0 Å². The van der Waals surface area contributed by atoms with Crippen molar-refractivity contribution in [3.8, 4) is 0 Å². The Labute approximate surface area is 173 Å². The number of amides is 1. The number of benzene rings is 3. The van der Waals surface area contributed by atoms with Gasteiger partial charge in [-0.15, -0.1) is 0 Å². The Hall–Kier alpha value is -3.18. The van der Waals surface area contributed by atoms with Crippen LogP contribution in [0.1, 0.15) is 27.5 Å². The zero-order chi connectivity index (χ0) is 20.6. The van der Waals surface area contributed by atoms with E-state index in [2.05, 4.69) is 5.32 Å². The number of carbonyl (C=O) groups is 2. The summed E-state index contributed by atoms with van der Waals surface area (Å²) in [7, 11) is 0. The molecule has 3 rings (SSSR count). The number of hydrogen-bond acceptors (Lipinski definition) is 3. The van der Waals surface area contributed by atoms with Gasteiger partial charge in [0.25, 0.3) is 5.91 Å². The molecule has 1 N–H and O–H groups in total. The molecule has 0 aliphatic rings. The van der Waals surface area contributed by atoms with E-state index in [1.54, 1.807) is 0 Å². The predicted molar refractivity (Wildman–Crippen MR) is 109 cm³/mol. The van der Waals surface area contributed by atoms with Gasteiger partial charge < -0.3 is 10.1 Å². The van der Waals surface area contributed by atoms with E-state index in [9.17, 15) is 14.0 Å². The largest absolute Gasteiger partial charge is 0.452 e. The average molecular weight is 412 g/mol. The fourth-order valence-electron chi connectivity index (χ4n) is 2.92. The molecule has 3 aromatic rings. The van der Waals surface area contributed by atoms with E-state index in [0.29, 0.717) is 6.42 Å². The molecule has 3 aromatic carbocycles. The highest BCUT2D eigenvalue weighted by Gasteiger charge is 2.20. The molecule has 0 aliphatic carbocycles. The lowest BCUT2D eigenvalue weighted by Gasteiger charge is -2.19. The Morgan fingerprint density at radius 1 is 0.931 bits per heavy atom. The van der Waals surface area contributed by atoms with Crippen LogP contribution in [0.3, 0.4) is 0 Å². The van der Waals surface area contributed by atoms with Gasteiger partial charge in [-0.25, -0.2) is 9.18 Å². The van der Waals surface area contributed by atoms with Gasteiger partial charge in [-0.3, -0.25) is 4.79 Å². The monoisotopic (exact) mass is 411 g/mol. The Morgan fingerprint density at radius 3 is 2.24 bits per heavy atom. The first-order valence-corrected chi connectivity index (χ1v) is 9.42. The molecule has 0 heterocycles. The zero-order valence-corrected chi connectivity index (χ0v) is 16.2. The number of rotatable bonds is 7. The van der Waals surface area contributed by atoms with Crippen molar-refractivity contribution in [2.24, 2.45) is 0 Å². The van der Waals surface area contributed by atoms with Crippen LogP contribution in [-0.2, 0) is 16.0 Å². The molecule has 0 aliphatic heterocycles. The maximum absolute atomic E-state index is 13.8. The van der Waals surface area contributed by atoms with Crippen molar-refractivity contribution in [2.75, 3.05) is 6.61 Å². The van der Waals surface area contributed by atoms with E-state index in [4.69, 9.17) is 16.3 Å². The van der Waals surface area contributed by atoms with E-state index in [-0.39, 0.29) is 16.6 Å². The molecule has 0 saturated carbocycles. The summed E-state index contributed by atoms with van der Waals surface area (Å²) in [5, 5.41) is 2.81. The minimum Gasteiger partial charge on any atom is -0.452 e. The fourth-order valence-corrected chi connectivity index (χ4v) is 3.16. The van der Waals surface area contributed by atoms with Gasteiger partial charge in [-0.1, -0.05) is 78.3 Å². The first-order chi connectivity index (χ1) is 14.0. The summed E-state index contributed by atoms with van der Waals surface area (Å²) in [6.07, 6.45) is 0.573. The number of hydrogen-bond donors (Lipinski definition) is 1. The Bertz CT molecular complexity index is 960. The second-order valence-corrected chi connectivity index (χ2v) is 6.80. The van der Waals surface area contributed by atoms with Crippen LogP contribution in [0.2, 0.25) is 5.02 Å². The minimum absolute atomic E-state index is 0.0679. The van der Waals surface area contributed by atoms with E-state index in [1.165, 1.54) is 12.1 Å². The maximum Gasteiger partial charge on any atom is 0.343 e. The van der Waals surface area contributed by atoms with Crippen LogP contribution in [0.4, 0.5) is 4.39 Å². The molecule has 0 fully saturated rings. The summed E-state index contributed by atoms with van der Waals surface area (Å²) in [5.74, 6) is -2.27. The third-order valence-electron chi connectivity index (χ3n) is 4.32. The molecule has 6 heteroatoms. The highest BCUT2D eigenvalue weighted by molar-refractivity contribution is 6.33. The lowest BCUT2D eigenvalue weighted by Crippen LogP contribution is -2.33. The van der Waals surface area contributed by atoms with Gasteiger partial charge in [-0.05, 0) is 29.7 Å². The van der Waals surface area contributed by atoms with Crippen molar-refractivity contribution in [1.82, 2.24) is 5.32 Å². The zero-order valence-electron chi connectivity index (χ0n) is 15.5. The van der Waals surface area contributed by atoms with Gasteiger partial charge in [0, 0.05) is 0 Å². The van der Waals surface area contributed by atoms with E-state index in [1.807, 2.05) is 60.7 Å². The third kappa shape index (κ3) is 5.65. The first-order valence-electron chi connectivity index (χ1n) is 9.04.